The fourth-order valence-corrected chi connectivity index (χ4v) is 5.56. The molecule has 0 spiro atoms. The van der Waals surface area contributed by atoms with Gasteiger partial charge in [0, 0.05) is 24.9 Å². The predicted molar refractivity (Wildman–Crippen MR) is 170 cm³/mol. The van der Waals surface area contributed by atoms with Crippen molar-refractivity contribution in [2.75, 3.05) is 56.4 Å². The summed E-state index contributed by atoms with van der Waals surface area (Å²) in [6.07, 6.45) is 7.85. The number of hydrogen-bond donors (Lipinski definition) is 3. The first-order valence-electron chi connectivity index (χ1n) is 13.7. The van der Waals surface area contributed by atoms with Gasteiger partial charge in [0.05, 0.1) is 19.9 Å². The summed E-state index contributed by atoms with van der Waals surface area (Å²) in [5.74, 6) is 2.03. The number of ether oxygens (including phenoxy) is 2. The Morgan fingerprint density at radius 3 is 2.43 bits per heavy atom. The number of rotatable bonds is 10. The third-order valence-corrected chi connectivity index (χ3v) is 8.23. The van der Waals surface area contributed by atoms with Gasteiger partial charge in [0.15, 0.2) is 0 Å². The maximum absolute atomic E-state index is 13.2. The Labute approximate surface area is 256 Å². The number of nitrogens with one attached hydrogen (secondary N) is 2. The van der Waals surface area contributed by atoms with Crippen LogP contribution in [0.15, 0.2) is 48.9 Å². The van der Waals surface area contributed by atoms with Crippen molar-refractivity contribution in [3.8, 4) is 11.5 Å². The van der Waals surface area contributed by atoms with Crippen LogP contribution in [0.1, 0.15) is 36.8 Å². The standard InChI is InChI=1S/C30H37Cl2N7O3/c1-5-39-13-10-19(11-14-39)20-8-9-22(21(15-20)7-6-12-33)36-25-17-26(35-18-34-25)38(2)30(40)37-29-27(31)23(41-3)16-24(42-4)28(29)32/h6,8-9,12,15-19H,5,7,10-11,13-14,33H2,1-4H3,(H,37,40)(H,34,35,36). The number of hydrogen-bond acceptors (Lipinski definition) is 8. The molecule has 10 nitrogen and oxygen atoms in total. The number of nitrogens with zero attached hydrogens (tertiary/aromatic N) is 4. The molecule has 0 aliphatic carbocycles. The maximum atomic E-state index is 13.2. The topological polar surface area (TPSA) is 118 Å². The van der Waals surface area contributed by atoms with Crippen LogP contribution in [0.2, 0.25) is 10.0 Å². The number of urea groups is 1. The van der Waals surface area contributed by atoms with E-state index in [9.17, 15) is 4.79 Å². The molecule has 0 unspecified atom stereocenters. The molecule has 4 N–H and O–H groups in total. The lowest BCUT2D eigenvalue weighted by molar-refractivity contribution is 0.222. The van der Waals surface area contributed by atoms with E-state index in [4.69, 9.17) is 38.4 Å². The van der Waals surface area contributed by atoms with Crippen molar-refractivity contribution in [2.45, 2.75) is 32.1 Å². The number of anilines is 4. The third kappa shape index (κ3) is 7.18. The van der Waals surface area contributed by atoms with Crippen molar-refractivity contribution in [2.24, 2.45) is 5.73 Å². The summed E-state index contributed by atoms with van der Waals surface area (Å²) in [5.41, 5.74) is 9.19. The molecule has 0 atom stereocenters. The number of piperidine rings is 1. The van der Waals surface area contributed by atoms with Crippen LogP contribution >= 0.6 is 23.2 Å². The van der Waals surface area contributed by atoms with Gasteiger partial charge in [0.25, 0.3) is 0 Å². The van der Waals surface area contributed by atoms with E-state index in [1.54, 1.807) is 25.4 Å². The fraction of sp³-hybridized carbons (Fsp3) is 0.367. The first-order valence-corrected chi connectivity index (χ1v) is 14.5. The Hall–Kier alpha value is -3.73. The van der Waals surface area contributed by atoms with Gasteiger partial charge in [-0.15, -0.1) is 0 Å². The molecule has 2 aromatic carbocycles. The van der Waals surface area contributed by atoms with Gasteiger partial charge in [-0.3, -0.25) is 4.90 Å². The largest absolute Gasteiger partial charge is 0.495 e. The first kappa shape index (κ1) is 31.2. The molecule has 2 amide bonds. The molecule has 42 heavy (non-hydrogen) atoms. The number of benzene rings is 2. The first-order chi connectivity index (χ1) is 20.3. The zero-order chi connectivity index (χ0) is 30.2. The third-order valence-electron chi connectivity index (χ3n) is 7.48. The second kappa shape index (κ2) is 14.4. The number of carbonyl (C=O) groups is 1. The number of methoxy groups -OCH3 is 2. The monoisotopic (exact) mass is 613 g/mol. The zero-order valence-electron chi connectivity index (χ0n) is 24.3. The number of carbonyl (C=O) groups excluding carboxylic acids is 1. The zero-order valence-corrected chi connectivity index (χ0v) is 25.8. The Balaban J connectivity index is 1.53. The van der Waals surface area contributed by atoms with E-state index >= 15 is 0 Å². The lowest BCUT2D eigenvalue weighted by atomic mass is 9.88. The molecule has 0 bridgehead atoms. The molecular weight excluding hydrogens is 577 g/mol. The molecule has 4 rings (SSSR count). The highest BCUT2D eigenvalue weighted by molar-refractivity contribution is 6.41. The Bertz CT molecular complexity index is 1400. The summed E-state index contributed by atoms with van der Waals surface area (Å²) in [5, 5.41) is 6.42. The molecule has 2 heterocycles. The van der Waals surface area contributed by atoms with Gasteiger partial charge in [0.2, 0.25) is 0 Å². The number of aromatic nitrogens is 2. The average Bonchev–Trinajstić information content (AvgIpc) is 3.02. The molecule has 1 aliphatic heterocycles. The summed E-state index contributed by atoms with van der Waals surface area (Å²) < 4.78 is 10.6. The van der Waals surface area contributed by atoms with Crippen LogP contribution < -0.4 is 30.7 Å². The highest BCUT2D eigenvalue weighted by Crippen LogP contribution is 2.44. The second-order valence-corrected chi connectivity index (χ2v) is 10.7. The van der Waals surface area contributed by atoms with Crippen LogP contribution in [0.5, 0.6) is 11.5 Å². The van der Waals surface area contributed by atoms with E-state index in [1.807, 2.05) is 6.08 Å². The molecule has 1 aromatic heterocycles. The molecule has 3 aromatic rings. The number of halogens is 2. The average molecular weight is 615 g/mol. The van der Waals surface area contributed by atoms with Gasteiger partial charge in [-0.25, -0.2) is 14.8 Å². The number of likely N-dealkylation sites (tertiary alicyclic amines) is 1. The molecular formula is C30H37Cl2N7O3. The summed E-state index contributed by atoms with van der Waals surface area (Å²) in [6.45, 7) is 5.54. The molecule has 12 heteroatoms. The van der Waals surface area contributed by atoms with E-state index in [0.29, 0.717) is 35.5 Å². The van der Waals surface area contributed by atoms with Crippen molar-refractivity contribution in [3.63, 3.8) is 0 Å². The lowest BCUT2D eigenvalue weighted by Crippen LogP contribution is -2.32. The summed E-state index contributed by atoms with van der Waals surface area (Å²) in [4.78, 5) is 25.7. The molecule has 1 fully saturated rings. The molecule has 224 valence electrons. The molecule has 1 saturated heterocycles. The summed E-state index contributed by atoms with van der Waals surface area (Å²) >= 11 is 12.9. The Morgan fingerprint density at radius 2 is 1.81 bits per heavy atom. The van der Waals surface area contributed by atoms with E-state index < -0.39 is 6.03 Å². The minimum atomic E-state index is -0.522. The van der Waals surface area contributed by atoms with E-state index in [2.05, 4.69) is 50.6 Å². The van der Waals surface area contributed by atoms with Crippen LogP contribution in [-0.4, -0.2) is 61.8 Å². The number of nitrogens with two attached hydrogens (primary N) is 1. The number of amides is 2. The minimum Gasteiger partial charge on any atom is -0.495 e. The smallest absolute Gasteiger partial charge is 0.327 e. The summed E-state index contributed by atoms with van der Waals surface area (Å²) in [6, 6.07) is 9.23. The highest BCUT2D eigenvalue weighted by Gasteiger charge is 2.23. The van der Waals surface area contributed by atoms with Gasteiger partial charge < -0.3 is 30.7 Å². The molecule has 0 radical (unpaired) electrons. The summed E-state index contributed by atoms with van der Waals surface area (Å²) in [7, 11) is 4.50. The van der Waals surface area contributed by atoms with Gasteiger partial charge in [-0.2, -0.15) is 0 Å². The highest BCUT2D eigenvalue weighted by atomic mass is 35.5. The minimum absolute atomic E-state index is 0.147. The van der Waals surface area contributed by atoms with E-state index in [0.717, 1.165) is 43.7 Å². The Kier molecular flexibility index (Phi) is 10.7. The Morgan fingerprint density at radius 1 is 1.12 bits per heavy atom. The second-order valence-electron chi connectivity index (χ2n) is 9.92. The van der Waals surface area contributed by atoms with Gasteiger partial charge in [-0.1, -0.05) is 48.3 Å². The quantitative estimate of drug-likeness (QED) is 0.239. The van der Waals surface area contributed by atoms with Gasteiger partial charge in [-0.05, 0) is 68.2 Å². The van der Waals surface area contributed by atoms with Crippen molar-refractivity contribution in [1.82, 2.24) is 14.9 Å². The number of allylic oxidation sites excluding steroid dienone is 1. The van der Waals surface area contributed by atoms with E-state index in [-0.39, 0.29) is 15.7 Å². The van der Waals surface area contributed by atoms with Crippen LogP contribution in [0.25, 0.3) is 0 Å². The van der Waals surface area contributed by atoms with Crippen molar-refractivity contribution in [1.29, 1.82) is 0 Å². The van der Waals surface area contributed by atoms with Crippen LogP contribution in [-0.2, 0) is 6.42 Å². The van der Waals surface area contributed by atoms with Crippen molar-refractivity contribution < 1.29 is 14.3 Å². The van der Waals surface area contributed by atoms with Crippen LogP contribution in [0.3, 0.4) is 0 Å². The maximum Gasteiger partial charge on any atom is 0.327 e. The van der Waals surface area contributed by atoms with E-state index in [1.165, 1.54) is 31.0 Å². The van der Waals surface area contributed by atoms with Gasteiger partial charge >= 0.3 is 6.03 Å². The van der Waals surface area contributed by atoms with Gasteiger partial charge in [0.1, 0.15) is 39.5 Å². The lowest BCUT2D eigenvalue weighted by Gasteiger charge is -2.31. The predicted octanol–water partition coefficient (Wildman–Crippen LogP) is 6.43. The normalized spacial score (nSPS) is 14.1. The van der Waals surface area contributed by atoms with Crippen molar-refractivity contribution in [3.05, 3.63) is 70.1 Å². The molecule has 0 saturated carbocycles. The van der Waals surface area contributed by atoms with Crippen LogP contribution in [0, 0.1) is 0 Å². The fourth-order valence-electron chi connectivity index (χ4n) is 4.96. The SMILES string of the molecule is CCN1CCC(c2ccc(Nc3cc(N(C)C(=O)Nc4c(Cl)c(OC)cc(OC)c4Cl)ncn3)c(CC=CN)c2)CC1. The molecule has 1 aliphatic rings. The van der Waals surface area contributed by atoms with Crippen molar-refractivity contribution >= 4 is 52.2 Å². The van der Waals surface area contributed by atoms with Crippen LogP contribution in [0.4, 0.5) is 27.8 Å².